The van der Waals surface area contributed by atoms with Crippen molar-refractivity contribution in [3.8, 4) is 22.8 Å². The Morgan fingerprint density at radius 2 is 1.89 bits per heavy atom. The lowest BCUT2D eigenvalue weighted by atomic mass is 10.1. The standard InChI is InChI=1S/C25H22F4N4O4/c1-14-9-17-20(36-2)6-5-18(26)23(17)33(14)8-7-30-22-11-19(31-13-32-22)15-3-4-16(24(34)35)21(10-15)37-12-25(27,28)29/h3-6,9-11,13H,7-8,12H2,1-2H3,(H,34,35)(H,30,31,32). The largest absolute Gasteiger partial charge is 0.496 e. The molecule has 0 aliphatic carbocycles. The van der Waals surface area contributed by atoms with Gasteiger partial charge in [0.1, 0.15) is 35.0 Å². The zero-order chi connectivity index (χ0) is 26.7. The van der Waals surface area contributed by atoms with E-state index in [4.69, 9.17) is 9.47 Å². The van der Waals surface area contributed by atoms with E-state index in [9.17, 15) is 27.5 Å². The third kappa shape index (κ3) is 5.74. The van der Waals surface area contributed by atoms with E-state index >= 15 is 0 Å². The Kier molecular flexibility index (Phi) is 7.18. The van der Waals surface area contributed by atoms with E-state index in [2.05, 4.69) is 15.3 Å². The van der Waals surface area contributed by atoms with E-state index in [0.717, 1.165) is 11.8 Å². The van der Waals surface area contributed by atoms with Gasteiger partial charge in [-0.25, -0.2) is 19.2 Å². The van der Waals surface area contributed by atoms with Crippen molar-refractivity contribution < 1.29 is 36.9 Å². The number of hydrogen-bond donors (Lipinski definition) is 2. The summed E-state index contributed by atoms with van der Waals surface area (Å²) in [5.74, 6) is -1.24. The molecule has 0 aliphatic rings. The van der Waals surface area contributed by atoms with Crippen molar-refractivity contribution in [3.05, 3.63) is 65.9 Å². The molecular formula is C25H22F4N4O4. The molecule has 0 radical (unpaired) electrons. The van der Waals surface area contributed by atoms with Gasteiger partial charge in [0.2, 0.25) is 0 Å². The van der Waals surface area contributed by atoms with Gasteiger partial charge in [-0.2, -0.15) is 13.2 Å². The van der Waals surface area contributed by atoms with Crippen molar-refractivity contribution in [2.75, 3.05) is 25.6 Å². The van der Waals surface area contributed by atoms with Gasteiger partial charge in [0.05, 0.1) is 18.3 Å². The maximum atomic E-state index is 14.6. The van der Waals surface area contributed by atoms with Gasteiger partial charge in [-0.3, -0.25) is 0 Å². The normalized spacial score (nSPS) is 11.5. The van der Waals surface area contributed by atoms with E-state index in [1.54, 1.807) is 12.1 Å². The zero-order valence-corrected chi connectivity index (χ0v) is 19.8. The third-order valence-corrected chi connectivity index (χ3v) is 5.60. The number of fused-ring (bicyclic) bond motifs is 1. The number of aryl methyl sites for hydroxylation is 1. The second-order valence-corrected chi connectivity index (χ2v) is 8.08. The number of anilines is 1. The van der Waals surface area contributed by atoms with Crippen LogP contribution in [0.3, 0.4) is 0 Å². The van der Waals surface area contributed by atoms with E-state index in [-0.39, 0.29) is 5.82 Å². The minimum Gasteiger partial charge on any atom is -0.496 e. The molecule has 0 atom stereocenters. The first-order valence-electron chi connectivity index (χ1n) is 11.0. The molecule has 0 saturated carbocycles. The molecule has 2 aromatic carbocycles. The van der Waals surface area contributed by atoms with Gasteiger partial charge in [-0.15, -0.1) is 0 Å². The monoisotopic (exact) mass is 518 g/mol. The molecule has 0 saturated heterocycles. The molecular weight excluding hydrogens is 496 g/mol. The molecule has 2 heterocycles. The highest BCUT2D eigenvalue weighted by molar-refractivity contribution is 5.92. The van der Waals surface area contributed by atoms with E-state index in [1.807, 2.05) is 17.6 Å². The molecule has 194 valence electrons. The Bertz CT molecular complexity index is 1450. The quantitative estimate of drug-likeness (QED) is 0.290. The van der Waals surface area contributed by atoms with Crippen molar-refractivity contribution in [3.63, 3.8) is 0 Å². The number of alkyl halides is 3. The number of nitrogens with one attached hydrogen (secondary N) is 1. The highest BCUT2D eigenvalue weighted by Crippen LogP contribution is 2.31. The summed E-state index contributed by atoms with van der Waals surface area (Å²) in [5, 5.41) is 13.1. The Morgan fingerprint density at radius 3 is 2.59 bits per heavy atom. The molecule has 2 aromatic heterocycles. The molecule has 37 heavy (non-hydrogen) atoms. The number of nitrogens with zero attached hydrogens (tertiary/aromatic N) is 3. The van der Waals surface area contributed by atoms with Gasteiger partial charge >= 0.3 is 12.1 Å². The number of carboxylic acid groups (broad SMARTS) is 1. The number of halogens is 4. The van der Waals surface area contributed by atoms with Crippen LogP contribution in [-0.4, -0.2) is 52.0 Å². The molecule has 0 spiro atoms. The van der Waals surface area contributed by atoms with Crippen LogP contribution >= 0.6 is 0 Å². The van der Waals surface area contributed by atoms with Crippen molar-refractivity contribution in [1.82, 2.24) is 14.5 Å². The summed E-state index contributed by atoms with van der Waals surface area (Å²) < 4.78 is 64.3. The SMILES string of the molecule is COc1ccc(F)c2c1cc(C)n2CCNc1cc(-c2ccc(C(=O)O)c(OCC(F)(F)F)c2)ncn1. The second kappa shape index (κ2) is 10.3. The summed E-state index contributed by atoms with van der Waals surface area (Å²) in [4.78, 5) is 19.7. The molecule has 2 N–H and O–H groups in total. The van der Waals surface area contributed by atoms with E-state index in [1.165, 1.54) is 31.6 Å². The second-order valence-electron chi connectivity index (χ2n) is 8.08. The number of methoxy groups -OCH3 is 1. The smallest absolute Gasteiger partial charge is 0.422 e. The Hall–Kier alpha value is -4.35. The number of aromatic carboxylic acids is 1. The minimum absolute atomic E-state index is 0.338. The summed E-state index contributed by atoms with van der Waals surface area (Å²) >= 11 is 0. The molecule has 8 nitrogen and oxygen atoms in total. The third-order valence-electron chi connectivity index (χ3n) is 5.60. The lowest BCUT2D eigenvalue weighted by Crippen LogP contribution is -2.20. The van der Waals surface area contributed by atoms with Gasteiger partial charge < -0.3 is 24.5 Å². The first kappa shape index (κ1) is 25.7. The highest BCUT2D eigenvalue weighted by Gasteiger charge is 2.29. The number of rotatable bonds is 9. The molecule has 4 aromatic rings. The number of ether oxygens (including phenoxy) is 2. The van der Waals surface area contributed by atoms with Crippen molar-refractivity contribution in [1.29, 1.82) is 0 Å². The molecule has 0 unspecified atom stereocenters. The van der Waals surface area contributed by atoms with Crippen LogP contribution in [0.5, 0.6) is 11.5 Å². The van der Waals surface area contributed by atoms with Crippen LogP contribution < -0.4 is 14.8 Å². The Balaban J connectivity index is 1.53. The van der Waals surface area contributed by atoms with Crippen LogP contribution in [0, 0.1) is 12.7 Å². The maximum absolute atomic E-state index is 14.6. The van der Waals surface area contributed by atoms with Crippen LogP contribution in [0.15, 0.2) is 48.8 Å². The zero-order valence-electron chi connectivity index (χ0n) is 19.8. The predicted molar refractivity (Wildman–Crippen MR) is 128 cm³/mol. The molecule has 0 fully saturated rings. The van der Waals surface area contributed by atoms with Crippen LogP contribution in [0.4, 0.5) is 23.4 Å². The average Bonchev–Trinajstić information content (AvgIpc) is 3.19. The van der Waals surface area contributed by atoms with Gasteiger partial charge in [0, 0.05) is 35.8 Å². The van der Waals surface area contributed by atoms with E-state index in [0.29, 0.717) is 46.8 Å². The molecule has 0 bridgehead atoms. The molecule has 12 heteroatoms. The van der Waals surface area contributed by atoms with Crippen molar-refractivity contribution >= 4 is 22.7 Å². The molecule has 0 amide bonds. The lowest BCUT2D eigenvalue weighted by Gasteiger charge is -2.13. The van der Waals surface area contributed by atoms with Crippen LogP contribution in [-0.2, 0) is 6.54 Å². The summed E-state index contributed by atoms with van der Waals surface area (Å²) in [5.41, 5.74) is 1.54. The number of hydrogen-bond acceptors (Lipinski definition) is 6. The lowest BCUT2D eigenvalue weighted by molar-refractivity contribution is -0.153. The summed E-state index contributed by atoms with van der Waals surface area (Å²) in [6.07, 6.45) is -3.37. The number of carbonyl (C=O) groups is 1. The fourth-order valence-electron chi connectivity index (χ4n) is 3.95. The number of carboxylic acids is 1. The van der Waals surface area contributed by atoms with Crippen LogP contribution in [0.25, 0.3) is 22.2 Å². The number of benzene rings is 2. The summed E-state index contributed by atoms with van der Waals surface area (Å²) in [6, 6.07) is 10.1. The summed E-state index contributed by atoms with van der Waals surface area (Å²) in [6.45, 7) is 1.01. The fourth-order valence-corrected chi connectivity index (χ4v) is 3.95. The van der Waals surface area contributed by atoms with Crippen molar-refractivity contribution in [2.45, 2.75) is 19.6 Å². The Morgan fingerprint density at radius 1 is 1.11 bits per heavy atom. The van der Waals surface area contributed by atoms with Gasteiger partial charge in [0.25, 0.3) is 0 Å². The number of aromatic nitrogens is 3. The fraction of sp³-hybridized carbons (Fsp3) is 0.240. The predicted octanol–water partition coefficient (Wildman–Crippen LogP) is 5.31. The highest BCUT2D eigenvalue weighted by atomic mass is 19.4. The first-order valence-corrected chi connectivity index (χ1v) is 11.0. The minimum atomic E-state index is -4.63. The molecule has 0 aliphatic heterocycles. The molecule has 4 rings (SSSR count). The topological polar surface area (TPSA) is 98.5 Å². The van der Waals surface area contributed by atoms with Gasteiger partial charge in [-0.05, 0) is 37.3 Å². The van der Waals surface area contributed by atoms with Crippen LogP contribution in [0.2, 0.25) is 0 Å². The van der Waals surface area contributed by atoms with Gasteiger partial charge in [0.15, 0.2) is 6.61 Å². The van der Waals surface area contributed by atoms with Crippen molar-refractivity contribution in [2.24, 2.45) is 0 Å². The first-order chi connectivity index (χ1) is 17.6. The van der Waals surface area contributed by atoms with Crippen LogP contribution in [0.1, 0.15) is 16.1 Å². The summed E-state index contributed by atoms with van der Waals surface area (Å²) in [7, 11) is 1.52. The van der Waals surface area contributed by atoms with Gasteiger partial charge in [-0.1, -0.05) is 6.07 Å². The Labute approximate surface area is 208 Å². The maximum Gasteiger partial charge on any atom is 0.422 e. The average molecular weight is 518 g/mol. The van der Waals surface area contributed by atoms with E-state index < -0.39 is 30.1 Å².